The smallest absolute Gasteiger partial charge is 0.346 e. The van der Waals surface area contributed by atoms with E-state index >= 15 is 0 Å². The van der Waals surface area contributed by atoms with Crippen molar-refractivity contribution >= 4 is 22.5 Å². The summed E-state index contributed by atoms with van der Waals surface area (Å²) < 4.78 is 96.5. The first kappa shape index (κ1) is 16.7. The lowest BCUT2D eigenvalue weighted by atomic mass is 10.1. The fourth-order valence-corrected chi connectivity index (χ4v) is 1.97. The first-order valence-corrected chi connectivity index (χ1v) is 6.17. The number of anilines is 2. The third kappa shape index (κ3) is 2.66. The maximum absolute atomic E-state index is 13.8. The van der Waals surface area contributed by atoms with Crippen molar-refractivity contribution in [2.24, 2.45) is 0 Å². The number of aromatic amines is 1. The summed E-state index contributed by atoms with van der Waals surface area (Å²) in [5, 5.41) is 8.28. The maximum Gasteiger partial charge on any atom is 0.422 e. The molecule has 0 aliphatic rings. The molecule has 0 bridgehead atoms. The van der Waals surface area contributed by atoms with Crippen LogP contribution in [0.25, 0.3) is 11.2 Å². The van der Waals surface area contributed by atoms with Crippen molar-refractivity contribution in [3.05, 3.63) is 45.3 Å². The van der Waals surface area contributed by atoms with Crippen LogP contribution in [0.2, 0.25) is 0 Å². The number of nitrogens with zero attached hydrogens (tertiary/aromatic N) is 2. The van der Waals surface area contributed by atoms with Crippen LogP contribution in [-0.4, -0.2) is 15.3 Å². The monoisotopic (exact) mass is 368 g/mol. The number of H-pyrrole nitrogens is 1. The van der Waals surface area contributed by atoms with Crippen LogP contribution in [0.3, 0.4) is 0 Å². The van der Waals surface area contributed by atoms with Crippen LogP contribution in [0.5, 0.6) is 0 Å². The van der Waals surface area contributed by atoms with Crippen molar-refractivity contribution in [3.8, 4) is 0 Å². The molecule has 25 heavy (non-hydrogen) atoms. The summed E-state index contributed by atoms with van der Waals surface area (Å²) in [6, 6.07) is 0.858. The Kier molecular flexibility index (Phi) is 3.65. The molecule has 0 aliphatic carbocycles. The fourth-order valence-electron chi connectivity index (χ4n) is 1.97. The topological polar surface area (TPSA) is 83.8 Å². The Morgan fingerprint density at radius 3 is 2.16 bits per heavy atom. The minimum absolute atomic E-state index is 0.101. The summed E-state index contributed by atoms with van der Waals surface area (Å²) in [5.41, 5.74) is -6.30. The van der Waals surface area contributed by atoms with Gasteiger partial charge in [0.15, 0.2) is 28.8 Å². The van der Waals surface area contributed by atoms with Crippen LogP contribution >= 0.6 is 0 Å². The number of aromatic nitrogens is 3. The predicted octanol–water partition coefficient (Wildman–Crippen LogP) is 3.23. The van der Waals surface area contributed by atoms with Crippen molar-refractivity contribution in [3.63, 3.8) is 0 Å². The largest absolute Gasteiger partial charge is 0.422 e. The van der Waals surface area contributed by atoms with Gasteiger partial charge in [-0.2, -0.15) is 13.2 Å². The Morgan fingerprint density at radius 2 is 1.60 bits per heavy atom. The number of hydrogen-bond donors (Lipinski definition) is 2. The molecule has 0 aliphatic heterocycles. The van der Waals surface area contributed by atoms with Gasteiger partial charge in [0.1, 0.15) is 16.9 Å². The van der Waals surface area contributed by atoms with Crippen molar-refractivity contribution in [1.29, 1.82) is 0 Å². The zero-order valence-electron chi connectivity index (χ0n) is 11.4. The lowest BCUT2D eigenvalue weighted by molar-refractivity contribution is -0.143. The number of alkyl halides is 3. The van der Waals surface area contributed by atoms with Gasteiger partial charge in [0.25, 0.3) is 5.56 Å². The number of pyridine rings is 1. The van der Waals surface area contributed by atoms with E-state index in [4.69, 9.17) is 0 Å². The molecule has 2 heterocycles. The van der Waals surface area contributed by atoms with Crippen LogP contribution in [0.4, 0.5) is 42.1 Å². The lowest BCUT2D eigenvalue weighted by Gasteiger charge is -2.14. The summed E-state index contributed by atoms with van der Waals surface area (Å²) in [4.78, 5) is 13.8. The zero-order chi connectivity index (χ0) is 18.5. The number of rotatable bonds is 2. The fraction of sp³-hybridized carbons (Fsp3) is 0.0833. The Hall–Kier alpha value is -3.12. The molecule has 3 aromatic rings. The van der Waals surface area contributed by atoms with E-state index in [1.807, 2.05) is 0 Å². The van der Waals surface area contributed by atoms with Gasteiger partial charge in [-0.3, -0.25) is 4.79 Å². The van der Waals surface area contributed by atoms with Crippen LogP contribution in [-0.2, 0) is 6.18 Å². The maximum atomic E-state index is 13.8. The van der Waals surface area contributed by atoms with Crippen LogP contribution in [0.1, 0.15) is 5.56 Å². The highest BCUT2D eigenvalue weighted by Gasteiger charge is 2.42. The van der Waals surface area contributed by atoms with E-state index < -0.39 is 51.9 Å². The third-order valence-electron chi connectivity index (χ3n) is 3.08. The van der Waals surface area contributed by atoms with E-state index in [0.29, 0.717) is 0 Å². The first-order chi connectivity index (χ1) is 11.6. The van der Waals surface area contributed by atoms with Gasteiger partial charge < -0.3 is 10.3 Å². The predicted molar refractivity (Wildman–Crippen MR) is 67.0 cm³/mol. The van der Waals surface area contributed by atoms with Crippen LogP contribution < -0.4 is 10.9 Å². The Labute approximate surface area is 131 Å². The van der Waals surface area contributed by atoms with Gasteiger partial charge in [0.2, 0.25) is 5.65 Å². The molecule has 0 saturated heterocycles. The molecular weight excluding hydrogens is 365 g/mol. The highest BCUT2D eigenvalue weighted by molar-refractivity contribution is 5.75. The Morgan fingerprint density at radius 1 is 1.00 bits per heavy atom. The van der Waals surface area contributed by atoms with E-state index in [1.54, 1.807) is 5.32 Å². The molecule has 0 radical (unpaired) electrons. The standard InChI is InChI=1S/C12H3F7N4O2/c13-5-4(12(17,18)19)6(14)8(16)9(7(5)15)20-3-1-2-10(21-11(3)24)23-25-22-2/h1,20H,(H,21,23,24). The third-order valence-corrected chi connectivity index (χ3v) is 3.08. The molecule has 0 atom stereocenters. The van der Waals surface area contributed by atoms with Gasteiger partial charge in [0.05, 0.1) is 0 Å². The Bertz CT molecular complexity index is 1010. The SMILES string of the molecule is O=c1[nH]c2nonc2cc1Nc1c(F)c(F)c(C(F)(F)F)c(F)c1F. The summed E-state index contributed by atoms with van der Waals surface area (Å²) >= 11 is 0. The number of fused-ring (bicyclic) bond motifs is 1. The van der Waals surface area contributed by atoms with Crippen molar-refractivity contribution in [1.82, 2.24) is 15.3 Å². The van der Waals surface area contributed by atoms with Crippen molar-refractivity contribution in [2.45, 2.75) is 6.18 Å². The van der Waals surface area contributed by atoms with Gasteiger partial charge in [0, 0.05) is 6.07 Å². The second kappa shape index (κ2) is 5.46. The molecule has 132 valence electrons. The molecule has 0 fully saturated rings. The summed E-state index contributed by atoms with van der Waals surface area (Å²) in [5.74, 6) is -10.0. The quantitative estimate of drug-likeness (QED) is 0.536. The minimum atomic E-state index is -5.67. The van der Waals surface area contributed by atoms with Crippen molar-refractivity contribution < 1.29 is 35.4 Å². The van der Waals surface area contributed by atoms with Gasteiger partial charge in [-0.25, -0.2) is 22.2 Å². The van der Waals surface area contributed by atoms with Gasteiger partial charge in [-0.1, -0.05) is 0 Å². The molecule has 13 heteroatoms. The van der Waals surface area contributed by atoms with E-state index in [9.17, 15) is 35.5 Å². The minimum Gasteiger partial charge on any atom is -0.346 e. The number of nitrogens with one attached hydrogen (secondary N) is 2. The molecule has 0 unspecified atom stereocenters. The summed E-state index contributed by atoms with van der Waals surface area (Å²) in [6.45, 7) is 0. The first-order valence-electron chi connectivity index (χ1n) is 6.17. The van der Waals surface area contributed by atoms with E-state index in [1.165, 1.54) is 0 Å². The summed E-state index contributed by atoms with van der Waals surface area (Å²) in [6.07, 6.45) is -5.67. The van der Waals surface area contributed by atoms with Gasteiger partial charge in [-0.15, -0.1) is 0 Å². The highest BCUT2D eigenvalue weighted by Crippen LogP contribution is 2.39. The molecule has 3 rings (SSSR count). The lowest BCUT2D eigenvalue weighted by Crippen LogP contribution is -2.18. The van der Waals surface area contributed by atoms with Gasteiger partial charge >= 0.3 is 6.18 Å². The second-order valence-electron chi connectivity index (χ2n) is 4.64. The molecule has 6 nitrogen and oxygen atoms in total. The molecule has 2 aromatic heterocycles. The number of benzene rings is 1. The van der Waals surface area contributed by atoms with E-state index in [-0.39, 0.29) is 11.2 Å². The number of halogens is 7. The van der Waals surface area contributed by atoms with Crippen LogP contribution in [0.15, 0.2) is 15.5 Å². The van der Waals surface area contributed by atoms with Gasteiger partial charge in [-0.05, 0) is 10.3 Å². The zero-order valence-corrected chi connectivity index (χ0v) is 11.4. The molecule has 0 amide bonds. The second-order valence-corrected chi connectivity index (χ2v) is 4.64. The molecule has 0 saturated carbocycles. The molecule has 2 N–H and O–H groups in total. The van der Waals surface area contributed by atoms with Crippen molar-refractivity contribution in [2.75, 3.05) is 5.32 Å². The molecule has 0 spiro atoms. The van der Waals surface area contributed by atoms with E-state index in [0.717, 1.165) is 6.07 Å². The average molecular weight is 368 g/mol. The Balaban J connectivity index is 2.17. The average Bonchev–Trinajstić information content (AvgIpc) is 2.95. The molecule has 1 aromatic carbocycles. The molecular formula is C12H3F7N4O2. The van der Waals surface area contributed by atoms with E-state index in [2.05, 4.69) is 19.9 Å². The van der Waals surface area contributed by atoms with Crippen LogP contribution in [0, 0.1) is 23.3 Å². The number of hydrogen-bond acceptors (Lipinski definition) is 5. The highest BCUT2D eigenvalue weighted by atomic mass is 19.4. The summed E-state index contributed by atoms with van der Waals surface area (Å²) in [7, 11) is 0. The normalized spacial score (nSPS) is 12.0.